The van der Waals surface area contributed by atoms with Crippen LogP contribution in [0, 0.1) is 17.3 Å². The summed E-state index contributed by atoms with van der Waals surface area (Å²) in [6.07, 6.45) is -10.1. The molecule has 2 nitrogen and oxygen atoms in total. The Bertz CT molecular complexity index is 1570. The van der Waals surface area contributed by atoms with Gasteiger partial charge in [0, 0.05) is 11.8 Å². The molecule has 0 fully saturated rings. The van der Waals surface area contributed by atoms with Crippen LogP contribution in [0.5, 0.6) is 0 Å². The molecule has 12 heteroatoms. The van der Waals surface area contributed by atoms with Crippen molar-refractivity contribution < 1.29 is 48.4 Å². The molecule has 0 bridgehead atoms. The van der Waals surface area contributed by atoms with E-state index in [1.165, 1.54) is 31.8 Å². The maximum atomic E-state index is 10.9. The molecule has 0 N–H and O–H groups in total. The van der Waals surface area contributed by atoms with E-state index in [2.05, 4.69) is 192 Å². The van der Waals surface area contributed by atoms with Gasteiger partial charge < -0.3 is 0 Å². The summed E-state index contributed by atoms with van der Waals surface area (Å²) in [4.78, 5) is 0. The molecule has 0 aromatic heterocycles. The first-order valence-electron chi connectivity index (χ1n) is 15.0. The van der Waals surface area contributed by atoms with Crippen molar-refractivity contribution in [3.63, 3.8) is 0 Å². The van der Waals surface area contributed by atoms with Crippen molar-refractivity contribution in [2.45, 2.75) is 12.4 Å². The zero-order chi connectivity index (χ0) is 38.2. The summed E-state index contributed by atoms with van der Waals surface area (Å²) in [5.74, 6) is 0.174. The molecular weight excluding hydrogens is 823 g/mol. The molecule has 6 rings (SSSR count). The summed E-state index contributed by atoms with van der Waals surface area (Å²) in [7, 11) is 3.68. The Morgan fingerprint density at radius 1 is 0.365 bits per heavy atom. The van der Waals surface area contributed by atoms with Gasteiger partial charge in [0.05, 0.1) is 0 Å². The minimum Gasteiger partial charge on any atom is -0.0622 e. The predicted octanol–water partition coefficient (Wildman–Crippen LogP) is 9.59. The van der Waals surface area contributed by atoms with Gasteiger partial charge >= 0.3 is 49.6 Å². The molecule has 6 aromatic carbocycles. The smallest absolute Gasteiger partial charge is 0.0134 e. The minimum absolute atomic E-state index is 0.0868. The number of alkyl halides is 6. The number of halogens is 7. The van der Waals surface area contributed by atoms with Crippen LogP contribution in [0.25, 0.3) is 0 Å². The summed E-state index contributed by atoms with van der Waals surface area (Å²) >= 11 is 1.82. The average molecular weight is 853 g/mol. The van der Waals surface area contributed by atoms with E-state index in [0.29, 0.717) is 0 Å². The van der Waals surface area contributed by atoms with Crippen LogP contribution >= 0.6 is 25.5 Å². The predicted molar refractivity (Wildman–Crippen MR) is 198 cm³/mol. The standard InChI is InChI=1S/2C18H15P.C4F6.ClH.NO.Ru/c2*1-4-10-16(11-5-1)19(17-12-6-2-7-13-17)18-14-8-3-9-15-18;5-3(6,7)1-2-4(8,9)10;;1-2;/h2*1-15H;;1H;;/q;;;;2*+1/p-1. The molecule has 267 valence electrons. The van der Waals surface area contributed by atoms with E-state index in [1.54, 1.807) is 0 Å². The molecule has 0 spiro atoms. The van der Waals surface area contributed by atoms with E-state index in [0.717, 1.165) is 0 Å². The van der Waals surface area contributed by atoms with Crippen molar-refractivity contribution in [3.05, 3.63) is 182 Å². The molecule has 0 unspecified atom stereocenters. The molecule has 0 saturated heterocycles. The average Bonchev–Trinajstić information content (AvgIpc) is 3.19. The van der Waals surface area contributed by atoms with Crippen molar-refractivity contribution >= 4 is 57.4 Å². The topological polar surface area (TPSA) is 43.7 Å². The Morgan fingerprint density at radius 3 is 0.615 bits per heavy atom. The van der Waals surface area contributed by atoms with Gasteiger partial charge in [-0.15, -0.1) is 0 Å². The fraction of sp³-hybridized carbons (Fsp3) is 0.0500. The van der Waals surface area contributed by atoms with Crippen LogP contribution in [-0.4, -0.2) is 12.4 Å². The normalized spacial score (nSPS) is 10.2. The zero-order valence-electron chi connectivity index (χ0n) is 27.1. The summed E-state index contributed by atoms with van der Waals surface area (Å²) in [5, 5.41) is 8.39. The quantitative estimate of drug-likeness (QED) is 0.0542. The maximum Gasteiger partial charge on any atom is -0.0134 e. The van der Waals surface area contributed by atoms with Crippen molar-refractivity contribution in [2.75, 3.05) is 0 Å². The Kier molecular flexibility index (Phi) is 20.5. The second kappa shape index (κ2) is 24.2. The Hall–Kier alpha value is -4.10. The SMILES string of the molecule is FC(F)(F)C#CC(F)(F)F.N#[O+].[Cl][Ru].c1ccc(P(c2ccccc2)c2ccccc2)cc1.c1ccc(P(c2ccccc2)c2ccccc2)cc1. The van der Waals surface area contributed by atoms with Crippen molar-refractivity contribution in [1.29, 1.82) is 5.46 Å². The Labute approximate surface area is 316 Å². The largest absolute Gasteiger partial charge is 0.0622 e. The van der Waals surface area contributed by atoms with Crippen molar-refractivity contribution in [1.82, 2.24) is 0 Å². The zero-order valence-corrected chi connectivity index (χ0v) is 31.4. The van der Waals surface area contributed by atoms with Gasteiger partial charge in [-0.3, -0.25) is 0 Å². The van der Waals surface area contributed by atoms with Crippen molar-refractivity contribution in [2.24, 2.45) is 0 Å². The van der Waals surface area contributed by atoms with Crippen LogP contribution in [-0.2, 0) is 22.1 Å². The van der Waals surface area contributed by atoms with E-state index in [4.69, 9.17) is 10.2 Å². The summed E-state index contributed by atoms with van der Waals surface area (Å²) in [5.41, 5.74) is 5.75. The molecule has 0 saturated carbocycles. The third-order valence-electron chi connectivity index (χ3n) is 6.43. The monoisotopic (exact) mass is 853 g/mol. The van der Waals surface area contributed by atoms with Gasteiger partial charge in [0.25, 0.3) is 0 Å². The molecule has 0 aliphatic carbocycles. The van der Waals surface area contributed by atoms with Crippen LogP contribution in [0.4, 0.5) is 26.3 Å². The van der Waals surface area contributed by atoms with Gasteiger partial charge in [-0.1, -0.05) is 182 Å². The van der Waals surface area contributed by atoms with Crippen LogP contribution < -0.4 is 31.8 Å². The molecule has 52 heavy (non-hydrogen) atoms. The minimum atomic E-state index is -5.07. The first kappa shape index (κ1) is 44.1. The molecule has 0 radical (unpaired) electrons. The van der Waals surface area contributed by atoms with Gasteiger partial charge in [0.15, 0.2) is 0 Å². The van der Waals surface area contributed by atoms with Crippen LogP contribution in [0.2, 0.25) is 0 Å². The fourth-order valence-electron chi connectivity index (χ4n) is 4.50. The maximum absolute atomic E-state index is 10.9. The van der Waals surface area contributed by atoms with Crippen LogP contribution in [0.3, 0.4) is 0 Å². The van der Waals surface area contributed by atoms with Gasteiger partial charge in [0.2, 0.25) is 0 Å². The second-order valence-electron chi connectivity index (χ2n) is 9.93. The van der Waals surface area contributed by atoms with E-state index < -0.39 is 28.2 Å². The Balaban J connectivity index is 0.000000270. The summed E-state index contributed by atoms with van der Waals surface area (Å²) in [6, 6.07) is 64.7. The third kappa shape index (κ3) is 16.5. The van der Waals surface area contributed by atoms with E-state index in [1.807, 2.05) is 17.3 Å². The molecular formula is C40H30ClF6NOP2Ru+. The number of nitrogens with zero attached hydrogens (tertiary/aromatic N) is 1. The van der Waals surface area contributed by atoms with E-state index in [-0.39, 0.29) is 11.8 Å². The second-order valence-corrected chi connectivity index (χ2v) is 14.4. The van der Waals surface area contributed by atoms with Crippen LogP contribution in [0.15, 0.2) is 182 Å². The Morgan fingerprint density at radius 2 is 0.500 bits per heavy atom. The fourth-order valence-corrected chi connectivity index (χ4v) is 9.11. The van der Waals surface area contributed by atoms with Crippen molar-refractivity contribution in [3.8, 4) is 11.8 Å². The first-order chi connectivity index (χ1) is 25.1. The van der Waals surface area contributed by atoms with E-state index >= 15 is 0 Å². The number of hydrogen-bond donors (Lipinski definition) is 0. The summed E-state index contributed by atoms with van der Waals surface area (Å²) in [6.45, 7) is 0. The summed E-state index contributed by atoms with van der Waals surface area (Å²) < 4.78 is 72.7. The van der Waals surface area contributed by atoms with Gasteiger partial charge in [0.1, 0.15) is 0 Å². The number of rotatable bonds is 6. The molecule has 0 heterocycles. The van der Waals surface area contributed by atoms with Crippen LogP contribution in [0.1, 0.15) is 0 Å². The molecule has 0 amide bonds. The molecule has 0 aliphatic rings. The third-order valence-corrected chi connectivity index (χ3v) is 11.3. The van der Waals surface area contributed by atoms with Gasteiger partial charge in [-0.2, -0.15) is 26.3 Å². The van der Waals surface area contributed by atoms with E-state index in [9.17, 15) is 26.3 Å². The first-order valence-corrected chi connectivity index (χ1v) is 19.9. The van der Waals surface area contributed by atoms with Gasteiger partial charge in [-0.05, 0) is 47.7 Å². The number of hydrogen-bond acceptors (Lipinski definition) is 1. The molecule has 0 aliphatic heterocycles. The number of benzene rings is 6. The molecule has 6 aromatic rings. The van der Waals surface area contributed by atoms with Gasteiger partial charge in [-0.25, -0.2) is 0 Å². The molecule has 0 atom stereocenters.